The largest absolute Gasteiger partial charge is 0.288 e. The standard InChI is InChI=1S/C11H9N5S/c1-8-14-15-11(17-8)9-3-2-4-10(5-9)16-6-12-13-7-16/h2-7H,1H3. The molecule has 0 aliphatic heterocycles. The molecule has 0 saturated carbocycles. The van der Waals surface area contributed by atoms with Gasteiger partial charge in [-0.1, -0.05) is 23.5 Å². The molecule has 3 aromatic rings. The lowest BCUT2D eigenvalue weighted by Gasteiger charge is -2.02. The predicted molar refractivity (Wildman–Crippen MR) is 65.0 cm³/mol. The zero-order valence-electron chi connectivity index (χ0n) is 9.11. The summed E-state index contributed by atoms with van der Waals surface area (Å²) in [6.07, 6.45) is 3.34. The van der Waals surface area contributed by atoms with Crippen LogP contribution in [0.3, 0.4) is 0 Å². The Morgan fingerprint density at radius 2 is 1.94 bits per heavy atom. The zero-order valence-corrected chi connectivity index (χ0v) is 9.92. The quantitative estimate of drug-likeness (QED) is 0.691. The lowest BCUT2D eigenvalue weighted by atomic mass is 10.2. The minimum Gasteiger partial charge on any atom is -0.288 e. The van der Waals surface area contributed by atoms with E-state index in [1.807, 2.05) is 35.8 Å². The highest BCUT2D eigenvalue weighted by atomic mass is 32.1. The molecule has 0 aliphatic carbocycles. The maximum Gasteiger partial charge on any atom is 0.147 e. The molecule has 2 heterocycles. The van der Waals surface area contributed by atoms with Gasteiger partial charge in [-0.3, -0.25) is 4.57 Å². The summed E-state index contributed by atoms with van der Waals surface area (Å²) < 4.78 is 1.86. The van der Waals surface area contributed by atoms with Crippen LogP contribution in [-0.4, -0.2) is 25.0 Å². The van der Waals surface area contributed by atoms with Crippen LogP contribution in [0.4, 0.5) is 0 Å². The average Bonchev–Trinajstić information content (AvgIpc) is 3.00. The monoisotopic (exact) mass is 243 g/mol. The molecule has 1 aromatic carbocycles. The number of aromatic nitrogens is 5. The van der Waals surface area contributed by atoms with Crippen molar-refractivity contribution in [1.82, 2.24) is 25.0 Å². The van der Waals surface area contributed by atoms with Crippen LogP contribution in [0.2, 0.25) is 0 Å². The minimum absolute atomic E-state index is 0.928. The van der Waals surface area contributed by atoms with Crippen molar-refractivity contribution in [2.75, 3.05) is 0 Å². The highest BCUT2D eigenvalue weighted by molar-refractivity contribution is 7.14. The van der Waals surface area contributed by atoms with Crippen LogP contribution in [0.5, 0.6) is 0 Å². The number of hydrogen-bond acceptors (Lipinski definition) is 5. The van der Waals surface area contributed by atoms with Crippen molar-refractivity contribution >= 4 is 11.3 Å². The van der Waals surface area contributed by atoms with E-state index in [9.17, 15) is 0 Å². The molecule has 2 aromatic heterocycles. The fourth-order valence-electron chi connectivity index (χ4n) is 1.55. The molecule has 3 rings (SSSR count). The fourth-order valence-corrected chi connectivity index (χ4v) is 2.23. The molecule has 0 spiro atoms. The van der Waals surface area contributed by atoms with Crippen LogP contribution in [-0.2, 0) is 0 Å². The Labute approximate surface area is 102 Å². The van der Waals surface area contributed by atoms with Crippen LogP contribution in [0.1, 0.15) is 5.01 Å². The number of rotatable bonds is 2. The van der Waals surface area contributed by atoms with Crippen molar-refractivity contribution in [3.63, 3.8) is 0 Å². The molecule has 0 amide bonds. The topological polar surface area (TPSA) is 56.5 Å². The molecule has 0 radical (unpaired) electrons. The smallest absolute Gasteiger partial charge is 0.147 e. The van der Waals surface area contributed by atoms with Crippen molar-refractivity contribution < 1.29 is 0 Å². The van der Waals surface area contributed by atoms with Gasteiger partial charge >= 0.3 is 0 Å². The maximum atomic E-state index is 4.14. The zero-order chi connectivity index (χ0) is 11.7. The van der Waals surface area contributed by atoms with Crippen LogP contribution in [0.25, 0.3) is 16.3 Å². The van der Waals surface area contributed by atoms with E-state index in [0.717, 1.165) is 21.3 Å². The van der Waals surface area contributed by atoms with Gasteiger partial charge in [-0.15, -0.1) is 20.4 Å². The molecule has 84 valence electrons. The molecular formula is C11H9N5S. The Morgan fingerprint density at radius 1 is 1.12 bits per heavy atom. The predicted octanol–water partition coefficient (Wildman–Crippen LogP) is 2.09. The summed E-state index contributed by atoms with van der Waals surface area (Å²) in [5.41, 5.74) is 2.07. The summed E-state index contributed by atoms with van der Waals surface area (Å²) in [5.74, 6) is 0. The first kappa shape index (κ1) is 10.1. The molecular weight excluding hydrogens is 234 g/mol. The highest BCUT2D eigenvalue weighted by Crippen LogP contribution is 2.24. The molecule has 0 unspecified atom stereocenters. The summed E-state index contributed by atoms with van der Waals surface area (Å²) in [6, 6.07) is 8.05. The van der Waals surface area contributed by atoms with Gasteiger partial charge in [0, 0.05) is 11.3 Å². The van der Waals surface area contributed by atoms with E-state index in [1.165, 1.54) is 0 Å². The second kappa shape index (κ2) is 4.06. The van der Waals surface area contributed by atoms with Crippen LogP contribution in [0, 0.1) is 6.92 Å². The first-order chi connectivity index (χ1) is 8.33. The summed E-state index contributed by atoms with van der Waals surface area (Å²) in [4.78, 5) is 0. The molecule has 17 heavy (non-hydrogen) atoms. The SMILES string of the molecule is Cc1nnc(-c2cccc(-n3cnnc3)c2)s1. The van der Waals surface area contributed by atoms with Gasteiger partial charge in [0.05, 0.1) is 0 Å². The van der Waals surface area contributed by atoms with Gasteiger partial charge in [0.25, 0.3) is 0 Å². The normalized spacial score (nSPS) is 10.6. The van der Waals surface area contributed by atoms with Crippen molar-refractivity contribution in [1.29, 1.82) is 0 Å². The second-order valence-electron chi connectivity index (χ2n) is 3.55. The first-order valence-electron chi connectivity index (χ1n) is 5.08. The van der Waals surface area contributed by atoms with Gasteiger partial charge in [-0.05, 0) is 19.1 Å². The molecule has 6 heteroatoms. The summed E-state index contributed by atoms with van der Waals surface area (Å²) in [6.45, 7) is 1.95. The Morgan fingerprint density at radius 3 is 2.65 bits per heavy atom. The second-order valence-corrected chi connectivity index (χ2v) is 4.73. The Hall–Kier alpha value is -2.08. The van der Waals surface area contributed by atoms with Gasteiger partial charge < -0.3 is 0 Å². The van der Waals surface area contributed by atoms with Gasteiger partial charge in [-0.25, -0.2) is 0 Å². The highest BCUT2D eigenvalue weighted by Gasteiger charge is 2.05. The third-order valence-electron chi connectivity index (χ3n) is 2.34. The number of benzene rings is 1. The van der Waals surface area contributed by atoms with E-state index in [2.05, 4.69) is 20.4 Å². The van der Waals surface area contributed by atoms with E-state index in [4.69, 9.17) is 0 Å². The molecule has 5 nitrogen and oxygen atoms in total. The Balaban J connectivity index is 2.05. The van der Waals surface area contributed by atoms with Gasteiger partial charge in [-0.2, -0.15) is 0 Å². The van der Waals surface area contributed by atoms with E-state index >= 15 is 0 Å². The number of aryl methyl sites for hydroxylation is 1. The molecule has 0 fully saturated rings. The molecule has 0 N–H and O–H groups in total. The number of nitrogens with zero attached hydrogens (tertiary/aromatic N) is 5. The van der Waals surface area contributed by atoms with E-state index in [0.29, 0.717) is 0 Å². The fraction of sp³-hybridized carbons (Fsp3) is 0.0909. The Kier molecular flexibility index (Phi) is 2.41. The molecule has 0 aliphatic rings. The minimum atomic E-state index is 0.928. The molecule has 0 saturated heterocycles. The lowest BCUT2D eigenvalue weighted by molar-refractivity contribution is 1.04. The third-order valence-corrected chi connectivity index (χ3v) is 3.22. The number of hydrogen-bond donors (Lipinski definition) is 0. The summed E-state index contributed by atoms with van der Waals surface area (Å²) in [5, 5.41) is 17.6. The van der Waals surface area contributed by atoms with Crippen LogP contribution >= 0.6 is 11.3 Å². The van der Waals surface area contributed by atoms with Gasteiger partial charge in [0.15, 0.2) is 0 Å². The van der Waals surface area contributed by atoms with Crippen LogP contribution < -0.4 is 0 Å². The third kappa shape index (κ3) is 1.94. The van der Waals surface area contributed by atoms with Crippen molar-refractivity contribution in [2.24, 2.45) is 0 Å². The van der Waals surface area contributed by atoms with Gasteiger partial charge in [0.2, 0.25) is 0 Å². The maximum absolute atomic E-state index is 4.14. The van der Waals surface area contributed by atoms with E-state index < -0.39 is 0 Å². The average molecular weight is 243 g/mol. The summed E-state index contributed by atoms with van der Waals surface area (Å²) in [7, 11) is 0. The first-order valence-corrected chi connectivity index (χ1v) is 5.90. The van der Waals surface area contributed by atoms with Crippen LogP contribution in [0.15, 0.2) is 36.9 Å². The summed E-state index contributed by atoms with van der Waals surface area (Å²) >= 11 is 1.58. The van der Waals surface area contributed by atoms with Crippen molar-refractivity contribution in [2.45, 2.75) is 6.92 Å². The van der Waals surface area contributed by atoms with Gasteiger partial charge in [0.1, 0.15) is 22.7 Å². The molecule has 0 atom stereocenters. The Bertz CT molecular complexity index is 629. The van der Waals surface area contributed by atoms with Crippen molar-refractivity contribution in [3.8, 4) is 16.3 Å². The van der Waals surface area contributed by atoms with E-state index in [-0.39, 0.29) is 0 Å². The molecule has 0 bridgehead atoms. The van der Waals surface area contributed by atoms with E-state index in [1.54, 1.807) is 24.0 Å². The lowest BCUT2D eigenvalue weighted by Crippen LogP contribution is -1.90. The van der Waals surface area contributed by atoms with Crippen molar-refractivity contribution in [3.05, 3.63) is 41.9 Å².